The van der Waals surface area contributed by atoms with E-state index in [1.807, 2.05) is 0 Å². The minimum Gasteiger partial charge on any atom is -0.287 e. The van der Waals surface area contributed by atoms with E-state index in [0.717, 1.165) is 24.3 Å². The van der Waals surface area contributed by atoms with Gasteiger partial charge in [0.05, 0.1) is 0 Å². The first kappa shape index (κ1) is 13.9. The third-order valence-electron chi connectivity index (χ3n) is 3.75. The van der Waals surface area contributed by atoms with Crippen molar-refractivity contribution in [3.63, 3.8) is 0 Å². The van der Waals surface area contributed by atoms with Gasteiger partial charge in [0, 0.05) is 22.9 Å². The van der Waals surface area contributed by atoms with Crippen LogP contribution >= 0.6 is 0 Å². The Morgan fingerprint density at radius 1 is 0.500 bits per heavy atom. The van der Waals surface area contributed by atoms with Crippen LogP contribution in [0, 0.1) is 0 Å². The molecule has 8 nitrogen and oxygen atoms in total. The Hall–Kier alpha value is -3.68. The average molecular weight is 320 g/mol. The van der Waals surface area contributed by atoms with E-state index in [1.165, 1.54) is 0 Å². The van der Waals surface area contributed by atoms with Crippen molar-refractivity contribution in [1.82, 2.24) is 9.97 Å². The summed E-state index contributed by atoms with van der Waals surface area (Å²) in [6.07, 6.45) is 0. The van der Waals surface area contributed by atoms with Crippen molar-refractivity contribution in [2.75, 3.05) is 0 Å². The van der Waals surface area contributed by atoms with E-state index in [9.17, 15) is 28.8 Å². The summed E-state index contributed by atoms with van der Waals surface area (Å²) in [4.78, 5) is 79.2. The van der Waals surface area contributed by atoms with Gasteiger partial charge in [0.15, 0.2) is 0 Å². The van der Waals surface area contributed by atoms with E-state index < -0.39 is 43.6 Å². The molecule has 0 atom stereocenters. The van der Waals surface area contributed by atoms with Gasteiger partial charge in [-0.1, -0.05) is 0 Å². The predicted octanol–water partition coefficient (Wildman–Crippen LogP) is -1.59. The minimum atomic E-state index is -0.932. The molecule has 24 heavy (non-hydrogen) atoms. The van der Waals surface area contributed by atoms with Gasteiger partial charge in [0.25, 0.3) is 0 Å². The van der Waals surface area contributed by atoms with Gasteiger partial charge in [0.2, 0.25) is 32.6 Å². The lowest BCUT2D eigenvalue weighted by Gasteiger charge is -2.00. The molecular weight excluding hydrogens is 316 g/mol. The SMILES string of the molecule is O=c1cc2c(=O)c3nc4c(=O)ccc(=O)c4nc3c(=O)c2cc1=O. The van der Waals surface area contributed by atoms with Crippen LogP contribution in [0.15, 0.2) is 53.0 Å². The first-order chi connectivity index (χ1) is 11.4. The first-order valence-corrected chi connectivity index (χ1v) is 6.68. The number of benzene rings is 3. The number of nitrogens with zero attached hydrogens (tertiary/aromatic N) is 2. The lowest BCUT2D eigenvalue weighted by Crippen LogP contribution is -2.26. The van der Waals surface area contributed by atoms with E-state index in [0.29, 0.717) is 0 Å². The zero-order valence-electron chi connectivity index (χ0n) is 11.7. The Morgan fingerprint density at radius 3 is 1.25 bits per heavy atom. The summed E-state index contributed by atoms with van der Waals surface area (Å²) in [5.74, 6) is 0. The van der Waals surface area contributed by atoms with Crippen LogP contribution < -0.4 is 32.6 Å². The Morgan fingerprint density at radius 2 is 0.875 bits per heavy atom. The number of aromatic nitrogens is 2. The summed E-state index contributed by atoms with van der Waals surface area (Å²) in [6.45, 7) is 0. The Balaban J connectivity index is 2.44. The van der Waals surface area contributed by atoms with E-state index in [-0.39, 0.29) is 21.8 Å². The Bertz CT molecular complexity index is 1400. The third-order valence-corrected chi connectivity index (χ3v) is 3.75. The van der Waals surface area contributed by atoms with Gasteiger partial charge in [-0.15, -0.1) is 0 Å². The van der Waals surface area contributed by atoms with Crippen LogP contribution in [0.3, 0.4) is 0 Å². The lowest BCUT2D eigenvalue weighted by atomic mass is 10.1. The second-order valence-corrected chi connectivity index (χ2v) is 5.18. The summed E-state index contributed by atoms with van der Waals surface area (Å²) in [5.41, 5.74) is -6.19. The van der Waals surface area contributed by atoms with Gasteiger partial charge < -0.3 is 0 Å². The molecule has 0 unspecified atom stereocenters. The number of hydrogen-bond acceptors (Lipinski definition) is 8. The van der Waals surface area contributed by atoms with E-state index in [2.05, 4.69) is 9.97 Å². The molecular formula is C16H4N2O6. The van der Waals surface area contributed by atoms with Crippen molar-refractivity contribution >= 4 is 32.8 Å². The smallest absolute Gasteiger partial charge is 0.226 e. The standard InChI is InChI=1S/C16H4N2O6/c19-7-1-2-8(20)12-11(7)17-13-14(18-12)16(24)6-4-10(22)9(21)3-5(6)15(13)23/h1-4H. The maximum Gasteiger partial charge on any atom is 0.226 e. The highest BCUT2D eigenvalue weighted by Gasteiger charge is 2.17. The summed E-state index contributed by atoms with van der Waals surface area (Å²) in [5, 5.41) is -0.534. The molecule has 4 aromatic rings. The van der Waals surface area contributed by atoms with Crippen molar-refractivity contribution in [1.29, 1.82) is 0 Å². The molecule has 8 heteroatoms. The molecule has 0 amide bonds. The molecule has 0 N–H and O–H groups in total. The highest BCUT2D eigenvalue weighted by Crippen LogP contribution is 2.09. The van der Waals surface area contributed by atoms with Crippen LogP contribution in [0.1, 0.15) is 0 Å². The van der Waals surface area contributed by atoms with Crippen LogP contribution in [0.4, 0.5) is 0 Å². The fraction of sp³-hybridized carbons (Fsp3) is 0. The lowest BCUT2D eigenvalue weighted by molar-refractivity contribution is 1.34. The molecule has 0 saturated heterocycles. The van der Waals surface area contributed by atoms with Crippen LogP contribution in [0.25, 0.3) is 32.8 Å². The summed E-state index contributed by atoms with van der Waals surface area (Å²) < 4.78 is 0. The molecule has 0 spiro atoms. The zero-order valence-corrected chi connectivity index (χ0v) is 11.7. The fourth-order valence-electron chi connectivity index (χ4n) is 2.60. The summed E-state index contributed by atoms with van der Waals surface area (Å²) in [7, 11) is 0. The second-order valence-electron chi connectivity index (χ2n) is 5.18. The molecule has 0 radical (unpaired) electrons. The van der Waals surface area contributed by atoms with E-state index >= 15 is 0 Å². The number of hydrogen-bond donors (Lipinski definition) is 0. The van der Waals surface area contributed by atoms with Gasteiger partial charge in [-0.05, 0) is 12.1 Å². The molecule has 0 bridgehead atoms. The van der Waals surface area contributed by atoms with E-state index in [4.69, 9.17) is 0 Å². The maximum atomic E-state index is 12.5. The van der Waals surface area contributed by atoms with Crippen LogP contribution in [0.5, 0.6) is 0 Å². The topological polar surface area (TPSA) is 128 Å². The highest BCUT2D eigenvalue weighted by atomic mass is 16.2. The van der Waals surface area contributed by atoms with Crippen molar-refractivity contribution in [2.24, 2.45) is 0 Å². The largest absolute Gasteiger partial charge is 0.287 e. The van der Waals surface area contributed by atoms with Gasteiger partial charge >= 0.3 is 0 Å². The predicted molar refractivity (Wildman–Crippen MR) is 85.7 cm³/mol. The van der Waals surface area contributed by atoms with Crippen molar-refractivity contribution in [3.05, 3.63) is 85.6 Å². The normalized spacial score (nSPS) is 11.5. The third kappa shape index (κ3) is 1.67. The summed E-state index contributed by atoms with van der Waals surface area (Å²) >= 11 is 0. The molecule has 114 valence electrons. The highest BCUT2D eigenvalue weighted by molar-refractivity contribution is 5.96. The minimum absolute atomic E-state index is 0.267. The van der Waals surface area contributed by atoms with E-state index in [1.54, 1.807) is 0 Å². The fourth-order valence-corrected chi connectivity index (χ4v) is 2.60. The van der Waals surface area contributed by atoms with Crippen molar-refractivity contribution in [3.8, 4) is 0 Å². The van der Waals surface area contributed by atoms with Crippen molar-refractivity contribution < 1.29 is 0 Å². The van der Waals surface area contributed by atoms with Crippen LogP contribution in [-0.2, 0) is 0 Å². The molecule has 0 aliphatic heterocycles. The molecule has 0 saturated carbocycles. The molecule has 1 heterocycles. The number of rotatable bonds is 0. The van der Waals surface area contributed by atoms with Crippen LogP contribution in [0.2, 0.25) is 0 Å². The van der Waals surface area contributed by atoms with Gasteiger partial charge in [0.1, 0.15) is 22.1 Å². The molecule has 0 aliphatic carbocycles. The van der Waals surface area contributed by atoms with Gasteiger partial charge in [-0.3, -0.25) is 28.8 Å². The van der Waals surface area contributed by atoms with Crippen LogP contribution in [-0.4, -0.2) is 9.97 Å². The molecule has 1 aromatic heterocycles. The second kappa shape index (κ2) is 4.42. The quantitative estimate of drug-likeness (QED) is 0.280. The summed E-state index contributed by atoms with van der Waals surface area (Å²) in [6, 6.07) is 3.53. The maximum absolute atomic E-state index is 12.5. The molecule has 4 rings (SSSR count). The molecule has 0 fully saturated rings. The Labute approximate surface area is 129 Å². The molecule has 3 aromatic carbocycles. The van der Waals surface area contributed by atoms with Gasteiger partial charge in [-0.25, -0.2) is 9.97 Å². The average Bonchev–Trinajstić information content (AvgIpc) is 2.57. The van der Waals surface area contributed by atoms with Gasteiger partial charge in [-0.2, -0.15) is 0 Å². The Kier molecular flexibility index (Phi) is 2.57. The number of fused-ring (bicyclic) bond motifs is 3. The molecule has 0 aliphatic rings. The zero-order chi connectivity index (χ0) is 17.2. The van der Waals surface area contributed by atoms with Crippen molar-refractivity contribution in [2.45, 2.75) is 0 Å². The monoisotopic (exact) mass is 320 g/mol. The first-order valence-electron chi connectivity index (χ1n) is 6.68.